The lowest BCUT2D eigenvalue weighted by molar-refractivity contribution is 0.521. The Bertz CT molecular complexity index is 328. The summed E-state index contributed by atoms with van der Waals surface area (Å²) in [5, 5.41) is 7.75. The Kier molecular flexibility index (Phi) is 3.31. The minimum absolute atomic E-state index is 0.399. The minimum atomic E-state index is 0.399. The van der Waals surface area contributed by atoms with Gasteiger partial charge in [-0.3, -0.25) is 4.68 Å². The molecule has 0 unspecified atom stereocenters. The molecule has 1 aliphatic heterocycles. The van der Waals surface area contributed by atoms with E-state index in [1.807, 2.05) is 10.9 Å². The second-order valence-electron chi connectivity index (χ2n) is 4.10. The SMILES string of the molecule is CC(C)n1ncc(N2CCNCC2)c1Br. The second-order valence-corrected chi connectivity index (χ2v) is 4.85. The third-order valence-corrected chi connectivity index (χ3v) is 3.43. The van der Waals surface area contributed by atoms with E-state index in [0.29, 0.717) is 6.04 Å². The molecular formula is C10H17BrN4. The smallest absolute Gasteiger partial charge is 0.127 e. The van der Waals surface area contributed by atoms with Crippen LogP contribution in [0.25, 0.3) is 0 Å². The monoisotopic (exact) mass is 272 g/mol. The van der Waals surface area contributed by atoms with Gasteiger partial charge in [-0.05, 0) is 29.8 Å². The van der Waals surface area contributed by atoms with Crippen LogP contribution in [0, 0.1) is 0 Å². The van der Waals surface area contributed by atoms with Gasteiger partial charge in [0, 0.05) is 32.2 Å². The summed E-state index contributed by atoms with van der Waals surface area (Å²) in [5.74, 6) is 0. The number of hydrogen-bond acceptors (Lipinski definition) is 3. The van der Waals surface area contributed by atoms with Crippen LogP contribution in [0.1, 0.15) is 19.9 Å². The van der Waals surface area contributed by atoms with E-state index in [-0.39, 0.29) is 0 Å². The van der Waals surface area contributed by atoms with Crippen molar-refractivity contribution in [1.29, 1.82) is 0 Å². The van der Waals surface area contributed by atoms with Gasteiger partial charge in [0.25, 0.3) is 0 Å². The Hall–Kier alpha value is -0.550. The number of aromatic nitrogens is 2. The first-order valence-electron chi connectivity index (χ1n) is 5.39. The van der Waals surface area contributed by atoms with E-state index in [1.54, 1.807) is 0 Å². The summed E-state index contributed by atoms with van der Waals surface area (Å²) in [6.45, 7) is 8.50. The van der Waals surface area contributed by atoms with Crippen LogP contribution in [-0.2, 0) is 0 Å². The normalized spacial score (nSPS) is 17.5. The van der Waals surface area contributed by atoms with Gasteiger partial charge in [0.2, 0.25) is 0 Å². The number of nitrogens with one attached hydrogen (secondary N) is 1. The number of rotatable bonds is 2. The molecule has 2 rings (SSSR count). The molecule has 0 atom stereocenters. The van der Waals surface area contributed by atoms with E-state index in [1.165, 1.54) is 5.69 Å². The molecule has 15 heavy (non-hydrogen) atoms. The third kappa shape index (κ3) is 2.18. The van der Waals surface area contributed by atoms with Gasteiger partial charge in [-0.15, -0.1) is 0 Å². The maximum Gasteiger partial charge on any atom is 0.127 e. The second kappa shape index (κ2) is 4.53. The molecule has 1 fully saturated rings. The highest BCUT2D eigenvalue weighted by Crippen LogP contribution is 2.28. The molecule has 2 heterocycles. The van der Waals surface area contributed by atoms with Crippen LogP contribution in [0.2, 0.25) is 0 Å². The van der Waals surface area contributed by atoms with Gasteiger partial charge >= 0.3 is 0 Å². The molecular weight excluding hydrogens is 256 g/mol. The first-order valence-corrected chi connectivity index (χ1v) is 6.18. The van der Waals surface area contributed by atoms with Crippen LogP contribution < -0.4 is 10.2 Å². The summed E-state index contributed by atoms with van der Waals surface area (Å²) < 4.78 is 3.11. The molecule has 1 aromatic heterocycles. The molecule has 1 saturated heterocycles. The van der Waals surface area contributed by atoms with Gasteiger partial charge in [-0.25, -0.2) is 0 Å². The van der Waals surface area contributed by atoms with E-state index < -0.39 is 0 Å². The first-order chi connectivity index (χ1) is 7.20. The third-order valence-electron chi connectivity index (χ3n) is 2.66. The maximum atomic E-state index is 4.40. The van der Waals surface area contributed by atoms with E-state index in [9.17, 15) is 0 Å². The molecule has 0 spiro atoms. The van der Waals surface area contributed by atoms with E-state index in [4.69, 9.17) is 0 Å². The quantitative estimate of drug-likeness (QED) is 0.889. The van der Waals surface area contributed by atoms with Gasteiger partial charge < -0.3 is 10.2 Å². The van der Waals surface area contributed by atoms with Crippen molar-refractivity contribution in [3.05, 3.63) is 10.8 Å². The molecule has 1 aliphatic rings. The van der Waals surface area contributed by atoms with Crippen LogP contribution >= 0.6 is 15.9 Å². The molecule has 0 bridgehead atoms. The lowest BCUT2D eigenvalue weighted by Gasteiger charge is -2.28. The van der Waals surface area contributed by atoms with Crippen molar-refractivity contribution in [2.75, 3.05) is 31.1 Å². The van der Waals surface area contributed by atoms with Crippen molar-refractivity contribution in [1.82, 2.24) is 15.1 Å². The van der Waals surface area contributed by atoms with Gasteiger partial charge in [-0.1, -0.05) is 0 Å². The van der Waals surface area contributed by atoms with Gasteiger partial charge in [0.05, 0.1) is 11.9 Å². The van der Waals surface area contributed by atoms with E-state index in [2.05, 4.69) is 45.1 Å². The molecule has 1 aromatic rings. The highest BCUT2D eigenvalue weighted by molar-refractivity contribution is 9.10. The van der Waals surface area contributed by atoms with Crippen molar-refractivity contribution in [3.63, 3.8) is 0 Å². The van der Waals surface area contributed by atoms with Gasteiger partial charge in [-0.2, -0.15) is 5.10 Å². The fraction of sp³-hybridized carbons (Fsp3) is 0.700. The number of nitrogens with zero attached hydrogens (tertiary/aromatic N) is 3. The topological polar surface area (TPSA) is 33.1 Å². The number of anilines is 1. The molecule has 0 aromatic carbocycles. The molecule has 4 nitrogen and oxygen atoms in total. The van der Waals surface area contributed by atoms with Crippen molar-refractivity contribution in [2.24, 2.45) is 0 Å². The Morgan fingerprint density at radius 3 is 2.60 bits per heavy atom. The van der Waals surface area contributed by atoms with Crippen LogP contribution in [-0.4, -0.2) is 36.0 Å². The number of hydrogen-bond donors (Lipinski definition) is 1. The fourth-order valence-corrected chi connectivity index (χ4v) is 2.67. The molecule has 1 N–H and O–H groups in total. The molecule has 0 aliphatic carbocycles. The molecule has 5 heteroatoms. The van der Waals surface area contributed by atoms with Crippen LogP contribution in [0.5, 0.6) is 0 Å². The Morgan fingerprint density at radius 2 is 2.07 bits per heavy atom. The molecule has 0 amide bonds. The van der Waals surface area contributed by atoms with E-state index in [0.717, 1.165) is 30.8 Å². The maximum absolute atomic E-state index is 4.40. The zero-order valence-corrected chi connectivity index (χ0v) is 10.8. The highest BCUT2D eigenvalue weighted by Gasteiger charge is 2.17. The van der Waals surface area contributed by atoms with Crippen molar-refractivity contribution < 1.29 is 0 Å². The van der Waals surface area contributed by atoms with Crippen molar-refractivity contribution in [2.45, 2.75) is 19.9 Å². The van der Waals surface area contributed by atoms with Crippen molar-refractivity contribution >= 4 is 21.6 Å². The Labute approximate surface area is 98.8 Å². The predicted octanol–water partition coefficient (Wildman–Crippen LogP) is 1.64. The van der Waals surface area contributed by atoms with Crippen LogP contribution in [0.4, 0.5) is 5.69 Å². The van der Waals surface area contributed by atoms with Gasteiger partial charge in [0.1, 0.15) is 4.60 Å². The van der Waals surface area contributed by atoms with Crippen LogP contribution in [0.15, 0.2) is 10.8 Å². The molecule has 0 radical (unpaired) electrons. The van der Waals surface area contributed by atoms with Gasteiger partial charge in [0.15, 0.2) is 0 Å². The largest absolute Gasteiger partial charge is 0.366 e. The van der Waals surface area contributed by atoms with Crippen LogP contribution in [0.3, 0.4) is 0 Å². The summed E-state index contributed by atoms with van der Waals surface area (Å²) in [4.78, 5) is 2.37. The predicted molar refractivity (Wildman–Crippen MR) is 65.4 cm³/mol. The lowest BCUT2D eigenvalue weighted by atomic mass is 10.3. The summed E-state index contributed by atoms with van der Waals surface area (Å²) >= 11 is 3.63. The average molecular weight is 273 g/mol. The number of halogens is 1. The fourth-order valence-electron chi connectivity index (χ4n) is 1.82. The summed E-state index contributed by atoms with van der Waals surface area (Å²) in [7, 11) is 0. The summed E-state index contributed by atoms with van der Waals surface area (Å²) in [5.41, 5.74) is 1.21. The summed E-state index contributed by atoms with van der Waals surface area (Å²) in [6.07, 6.45) is 1.95. The molecule has 0 saturated carbocycles. The zero-order chi connectivity index (χ0) is 10.8. The lowest BCUT2D eigenvalue weighted by Crippen LogP contribution is -2.43. The Balaban J connectivity index is 2.20. The van der Waals surface area contributed by atoms with E-state index >= 15 is 0 Å². The first kappa shape index (κ1) is 11.0. The molecule has 84 valence electrons. The average Bonchev–Trinajstić information content (AvgIpc) is 2.61. The zero-order valence-electron chi connectivity index (χ0n) is 9.20. The minimum Gasteiger partial charge on any atom is -0.366 e. The van der Waals surface area contributed by atoms with Crippen molar-refractivity contribution in [3.8, 4) is 0 Å². The summed E-state index contributed by atoms with van der Waals surface area (Å²) in [6, 6.07) is 0.399. The standard InChI is InChI=1S/C10H17BrN4/c1-8(2)15-10(11)9(7-13-15)14-5-3-12-4-6-14/h7-8,12H,3-6H2,1-2H3. The number of piperazine rings is 1. The Morgan fingerprint density at radius 1 is 1.40 bits per heavy atom. The highest BCUT2D eigenvalue weighted by atomic mass is 79.9.